The number of halogens is 1. The summed E-state index contributed by atoms with van der Waals surface area (Å²) in [6, 6.07) is 12.7. The molecule has 2 aromatic carbocycles. The number of thioether (sulfide) groups is 1. The number of carbonyl (C=O) groups is 3. The second-order valence-electron chi connectivity index (χ2n) is 7.71. The van der Waals surface area contributed by atoms with Crippen molar-refractivity contribution in [2.24, 2.45) is 11.8 Å². The lowest BCUT2D eigenvalue weighted by atomic mass is 9.78. The minimum Gasteiger partial charge on any atom is -0.481 e. The SMILES string of the molecule is O=C(CSc1nc2ccc(NC(=O)[C@H]3CCCC[C@H]3C(=O)O)cc2s1)c1ccc(Br)cc1. The van der Waals surface area contributed by atoms with Crippen molar-refractivity contribution in [1.29, 1.82) is 0 Å². The first-order chi connectivity index (χ1) is 15.4. The number of aromatic nitrogens is 1. The van der Waals surface area contributed by atoms with E-state index in [9.17, 15) is 19.5 Å². The fourth-order valence-corrected chi connectivity index (χ4v) is 6.13. The summed E-state index contributed by atoms with van der Waals surface area (Å²) in [7, 11) is 0. The molecule has 1 amide bonds. The second-order valence-corrected chi connectivity index (χ2v) is 10.9. The maximum Gasteiger partial charge on any atom is 0.307 e. The molecule has 0 bridgehead atoms. The largest absolute Gasteiger partial charge is 0.481 e. The van der Waals surface area contributed by atoms with Gasteiger partial charge in [-0.2, -0.15) is 0 Å². The Labute approximate surface area is 201 Å². The van der Waals surface area contributed by atoms with Gasteiger partial charge < -0.3 is 10.4 Å². The monoisotopic (exact) mass is 532 g/mol. The zero-order valence-corrected chi connectivity index (χ0v) is 20.3. The van der Waals surface area contributed by atoms with Crippen molar-refractivity contribution in [2.45, 2.75) is 30.0 Å². The van der Waals surface area contributed by atoms with Gasteiger partial charge in [-0.05, 0) is 43.2 Å². The van der Waals surface area contributed by atoms with Crippen LogP contribution in [-0.2, 0) is 9.59 Å². The quantitative estimate of drug-likeness (QED) is 0.292. The number of carboxylic acids is 1. The molecule has 1 heterocycles. The average Bonchev–Trinajstić information content (AvgIpc) is 3.20. The molecular weight excluding hydrogens is 512 g/mol. The number of anilines is 1. The smallest absolute Gasteiger partial charge is 0.307 e. The summed E-state index contributed by atoms with van der Waals surface area (Å²) >= 11 is 6.22. The number of thiazole rings is 1. The molecule has 1 aliphatic carbocycles. The minimum atomic E-state index is -0.901. The Bertz CT molecular complexity index is 1160. The van der Waals surface area contributed by atoms with E-state index in [0.29, 0.717) is 29.8 Å². The maximum atomic E-state index is 12.7. The number of nitrogens with zero attached hydrogens (tertiary/aromatic N) is 1. The molecule has 0 spiro atoms. The van der Waals surface area contributed by atoms with Crippen molar-refractivity contribution in [3.05, 3.63) is 52.5 Å². The van der Waals surface area contributed by atoms with E-state index in [0.717, 1.165) is 31.9 Å². The molecule has 4 rings (SSSR count). The van der Waals surface area contributed by atoms with Gasteiger partial charge >= 0.3 is 5.97 Å². The number of hydrogen-bond donors (Lipinski definition) is 2. The van der Waals surface area contributed by atoms with Crippen LogP contribution in [0.2, 0.25) is 0 Å². The molecule has 1 aromatic heterocycles. The molecule has 6 nitrogen and oxygen atoms in total. The second kappa shape index (κ2) is 10.1. The van der Waals surface area contributed by atoms with Crippen LogP contribution in [0.25, 0.3) is 10.2 Å². The van der Waals surface area contributed by atoms with Crippen LogP contribution in [0, 0.1) is 11.8 Å². The lowest BCUT2D eigenvalue weighted by molar-refractivity contribution is -0.147. The summed E-state index contributed by atoms with van der Waals surface area (Å²) in [4.78, 5) is 41.2. The third-order valence-electron chi connectivity index (χ3n) is 5.55. The van der Waals surface area contributed by atoms with Crippen LogP contribution in [0.4, 0.5) is 5.69 Å². The van der Waals surface area contributed by atoms with Crippen molar-refractivity contribution >= 4 is 72.6 Å². The van der Waals surface area contributed by atoms with Gasteiger partial charge in [0.25, 0.3) is 0 Å². The van der Waals surface area contributed by atoms with E-state index in [2.05, 4.69) is 26.2 Å². The van der Waals surface area contributed by atoms with Gasteiger partial charge in [0, 0.05) is 15.7 Å². The molecule has 1 aliphatic rings. The Morgan fingerprint density at radius 2 is 1.81 bits per heavy atom. The standard InChI is InChI=1S/C23H21BrN2O4S2/c24-14-7-5-13(6-8-14)19(27)12-31-23-26-18-10-9-15(11-20(18)32-23)25-21(28)16-3-1-2-4-17(16)22(29)30/h5-11,16-17H,1-4,12H2,(H,25,28)(H,29,30)/t16-,17+/m0/s1. The van der Waals surface area contributed by atoms with Crippen LogP contribution < -0.4 is 5.32 Å². The molecule has 1 fully saturated rings. The molecule has 1 saturated carbocycles. The predicted octanol–water partition coefficient (Wildman–Crippen LogP) is 5.86. The lowest BCUT2D eigenvalue weighted by Crippen LogP contribution is -2.36. The van der Waals surface area contributed by atoms with Crippen molar-refractivity contribution < 1.29 is 19.5 Å². The normalized spacial score (nSPS) is 18.4. The Morgan fingerprint density at radius 1 is 1.09 bits per heavy atom. The fraction of sp³-hybridized carbons (Fsp3) is 0.304. The summed E-state index contributed by atoms with van der Waals surface area (Å²) in [6.45, 7) is 0. The van der Waals surface area contributed by atoms with E-state index in [1.165, 1.54) is 23.1 Å². The highest BCUT2D eigenvalue weighted by Gasteiger charge is 2.35. The number of benzene rings is 2. The number of Topliss-reactive ketones (excluding diaryl/α,β-unsaturated/α-hetero) is 1. The van der Waals surface area contributed by atoms with Gasteiger partial charge in [0.15, 0.2) is 10.1 Å². The topological polar surface area (TPSA) is 96.4 Å². The number of carboxylic acid groups (broad SMARTS) is 1. The van der Waals surface area contributed by atoms with Crippen molar-refractivity contribution in [3.8, 4) is 0 Å². The van der Waals surface area contributed by atoms with E-state index in [1.54, 1.807) is 18.2 Å². The predicted molar refractivity (Wildman–Crippen MR) is 131 cm³/mol. The molecule has 2 atom stereocenters. The first kappa shape index (κ1) is 22.9. The van der Waals surface area contributed by atoms with Crippen molar-refractivity contribution in [1.82, 2.24) is 4.98 Å². The van der Waals surface area contributed by atoms with Crippen LogP contribution in [0.3, 0.4) is 0 Å². The van der Waals surface area contributed by atoms with E-state index in [-0.39, 0.29) is 11.7 Å². The van der Waals surface area contributed by atoms with E-state index < -0.39 is 17.8 Å². The molecular formula is C23H21BrN2O4S2. The first-order valence-corrected chi connectivity index (χ1v) is 12.9. The number of nitrogens with one attached hydrogen (secondary N) is 1. The fourth-order valence-electron chi connectivity index (χ4n) is 3.86. The van der Waals surface area contributed by atoms with Gasteiger partial charge in [0.1, 0.15) is 0 Å². The maximum absolute atomic E-state index is 12.7. The van der Waals surface area contributed by atoms with Gasteiger partial charge in [0.05, 0.1) is 27.8 Å². The molecule has 32 heavy (non-hydrogen) atoms. The summed E-state index contributed by atoms with van der Waals surface area (Å²) < 4.78 is 2.62. The molecule has 0 unspecified atom stereocenters. The Hall–Kier alpha value is -2.23. The number of rotatable bonds is 7. The number of amides is 1. The minimum absolute atomic E-state index is 0.0372. The Morgan fingerprint density at radius 3 is 2.53 bits per heavy atom. The average molecular weight is 533 g/mol. The van der Waals surface area contributed by atoms with Gasteiger partial charge in [-0.25, -0.2) is 4.98 Å². The van der Waals surface area contributed by atoms with Gasteiger partial charge in [-0.3, -0.25) is 14.4 Å². The zero-order chi connectivity index (χ0) is 22.7. The summed E-state index contributed by atoms with van der Waals surface area (Å²) in [5, 5.41) is 12.3. The molecule has 0 saturated heterocycles. The summed E-state index contributed by atoms with van der Waals surface area (Å²) in [5.74, 6) is -1.94. The van der Waals surface area contributed by atoms with Gasteiger partial charge in [-0.15, -0.1) is 11.3 Å². The highest BCUT2D eigenvalue weighted by Crippen LogP contribution is 2.34. The molecule has 0 aliphatic heterocycles. The van der Waals surface area contributed by atoms with Crippen LogP contribution in [0.5, 0.6) is 0 Å². The molecule has 0 radical (unpaired) electrons. The van der Waals surface area contributed by atoms with E-state index in [1.807, 2.05) is 24.3 Å². The Balaban J connectivity index is 1.41. The van der Waals surface area contributed by atoms with Crippen molar-refractivity contribution in [3.63, 3.8) is 0 Å². The number of fused-ring (bicyclic) bond motifs is 1. The highest BCUT2D eigenvalue weighted by molar-refractivity contribution is 9.10. The van der Waals surface area contributed by atoms with Crippen LogP contribution in [-0.4, -0.2) is 33.5 Å². The summed E-state index contributed by atoms with van der Waals surface area (Å²) in [6.07, 6.45) is 2.85. The Kier molecular flexibility index (Phi) is 7.27. The molecule has 2 N–H and O–H groups in total. The molecule has 3 aromatic rings. The van der Waals surface area contributed by atoms with E-state index in [4.69, 9.17) is 0 Å². The van der Waals surface area contributed by atoms with Crippen LogP contribution >= 0.6 is 39.0 Å². The number of ketones is 1. The number of carbonyl (C=O) groups excluding carboxylic acids is 2. The van der Waals surface area contributed by atoms with Gasteiger partial charge in [0.2, 0.25) is 5.91 Å². The van der Waals surface area contributed by atoms with Crippen molar-refractivity contribution in [2.75, 3.05) is 11.1 Å². The lowest BCUT2D eigenvalue weighted by Gasteiger charge is -2.27. The molecule has 166 valence electrons. The third kappa shape index (κ3) is 5.39. The zero-order valence-electron chi connectivity index (χ0n) is 17.0. The summed E-state index contributed by atoms with van der Waals surface area (Å²) in [5.41, 5.74) is 2.09. The molecule has 9 heteroatoms. The first-order valence-electron chi connectivity index (χ1n) is 10.3. The third-order valence-corrected chi connectivity index (χ3v) is 8.24. The number of aliphatic carboxylic acids is 1. The van der Waals surface area contributed by atoms with Crippen LogP contribution in [0.1, 0.15) is 36.0 Å². The highest BCUT2D eigenvalue weighted by atomic mass is 79.9. The van der Waals surface area contributed by atoms with Crippen LogP contribution in [0.15, 0.2) is 51.3 Å². The van der Waals surface area contributed by atoms with Gasteiger partial charge in [-0.1, -0.05) is 52.7 Å². The number of hydrogen-bond acceptors (Lipinski definition) is 6. The van der Waals surface area contributed by atoms with E-state index >= 15 is 0 Å².